The molecule has 1 aromatic rings. The summed E-state index contributed by atoms with van der Waals surface area (Å²) >= 11 is 0. The predicted octanol–water partition coefficient (Wildman–Crippen LogP) is 2.50. The number of nitrogens with one attached hydrogen (secondary N) is 2. The molecule has 0 spiro atoms. The molecule has 3 nitrogen and oxygen atoms in total. The van der Waals surface area contributed by atoms with E-state index in [1.807, 2.05) is 12.3 Å². The van der Waals surface area contributed by atoms with E-state index in [4.69, 9.17) is 0 Å². The first-order chi connectivity index (χ1) is 7.25. The van der Waals surface area contributed by atoms with Crippen molar-refractivity contribution >= 4 is 0 Å². The Kier molecular flexibility index (Phi) is 3.41. The highest BCUT2D eigenvalue weighted by atomic mass is 15.1. The lowest BCUT2D eigenvalue weighted by Crippen LogP contribution is -2.24. The Morgan fingerprint density at radius 2 is 2.47 bits per heavy atom. The van der Waals surface area contributed by atoms with Crippen molar-refractivity contribution in [3.63, 3.8) is 0 Å². The van der Waals surface area contributed by atoms with Gasteiger partial charge >= 0.3 is 0 Å². The Morgan fingerprint density at radius 3 is 3.07 bits per heavy atom. The number of H-pyrrole nitrogens is 1. The summed E-state index contributed by atoms with van der Waals surface area (Å²) in [6.45, 7) is 5.69. The van der Waals surface area contributed by atoms with E-state index >= 15 is 0 Å². The van der Waals surface area contributed by atoms with Crippen LogP contribution >= 0.6 is 0 Å². The van der Waals surface area contributed by atoms with Gasteiger partial charge in [-0.15, -0.1) is 0 Å². The molecule has 2 rings (SSSR count). The number of aromatic nitrogens is 2. The van der Waals surface area contributed by atoms with Gasteiger partial charge in [0.25, 0.3) is 0 Å². The molecule has 3 atom stereocenters. The lowest BCUT2D eigenvalue weighted by atomic mass is 10.1. The van der Waals surface area contributed by atoms with Gasteiger partial charge in [0.05, 0.1) is 5.69 Å². The standard InChI is InChI=1S/C12H21N3/c1-9-3-4-11(7-9)8-13-10(2)12-5-6-14-15-12/h5-6,9-11,13H,3-4,7-8H2,1-2H3,(H,14,15). The van der Waals surface area contributed by atoms with Gasteiger partial charge in [-0.2, -0.15) is 5.10 Å². The molecule has 1 fully saturated rings. The van der Waals surface area contributed by atoms with E-state index in [1.165, 1.54) is 25.0 Å². The second-order valence-electron chi connectivity index (χ2n) is 4.93. The van der Waals surface area contributed by atoms with Crippen molar-refractivity contribution in [1.82, 2.24) is 15.5 Å². The van der Waals surface area contributed by atoms with Gasteiger partial charge in [-0.3, -0.25) is 5.10 Å². The molecule has 3 heteroatoms. The molecule has 1 aliphatic rings. The summed E-state index contributed by atoms with van der Waals surface area (Å²) < 4.78 is 0. The zero-order valence-electron chi connectivity index (χ0n) is 9.66. The average molecular weight is 207 g/mol. The molecule has 0 aliphatic heterocycles. The fraction of sp³-hybridized carbons (Fsp3) is 0.750. The van der Waals surface area contributed by atoms with Crippen molar-refractivity contribution in [1.29, 1.82) is 0 Å². The van der Waals surface area contributed by atoms with E-state index in [1.54, 1.807) is 0 Å². The van der Waals surface area contributed by atoms with Gasteiger partial charge < -0.3 is 5.32 Å². The van der Waals surface area contributed by atoms with Crippen LogP contribution in [-0.2, 0) is 0 Å². The maximum Gasteiger partial charge on any atom is 0.0518 e. The van der Waals surface area contributed by atoms with Crippen LogP contribution in [0.15, 0.2) is 12.3 Å². The summed E-state index contributed by atoms with van der Waals surface area (Å²) in [5, 5.41) is 10.6. The van der Waals surface area contributed by atoms with Gasteiger partial charge in [0.2, 0.25) is 0 Å². The van der Waals surface area contributed by atoms with Crippen LogP contribution in [-0.4, -0.2) is 16.7 Å². The van der Waals surface area contributed by atoms with Crippen LogP contribution in [0.5, 0.6) is 0 Å². The minimum absolute atomic E-state index is 0.392. The van der Waals surface area contributed by atoms with Crippen LogP contribution in [0.4, 0.5) is 0 Å². The summed E-state index contributed by atoms with van der Waals surface area (Å²) in [4.78, 5) is 0. The van der Waals surface area contributed by atoms with Crippen molar-refractivity contribution in [2.24, 2.45) is 11.8 Å². The fourth-order valence-corrected chi connectivity index (χ4v) is 2.47. The highest BCUT2D eigenvalue weighted by molar-refractivity contribution is 5.02. The Balaban J connectivity index is 1.74. The second-order valence-corrected chi connectivity index (χ2v) is 4.93. The van der Waals surface area contributed by atoms with E-state index in [0.717, 1.165) is 18.4 Å². The zero-order chi connectivity index (χ0) is 10.7. The van der Waals surface area contributed by atoms with Crippen LogP contribution in [0.25, 0.3) is 0 Å². The van der Waals surface area contributed by atoms with Crippen molar-refractivity contribution in [3.8, 4) is 0 Å². The van der Waals surface area contributed by atoms with Gasteiger partial charge in [0, 0.05) is 12.2 Å². The van der Waals surface area contributed by atoms with Crippen LogP contribution in [0, 0.1) is 11.8 Å². The number of aromatic amines is 1. The molecule has 0 saturated heterocycles. The van der Waals surface area contributed by atoms with Crippen molar-refractivity contribution in [3.05, 3.63) is 18.0 Å². The van der Waals surface area contributed by atoms with Gasteiger partial charge in [-0.25, -0.2) is 0 Å². The van der Waals surface area contributed by atoms with E-state index < -0.39 is 0 Å². The van der Waals surface area contributed by atoms with Crippen molar-refractivity contribution in [2.75, 3.05) is 6.54 Å². The first-order valence-corrected chi connectivity index (χ1v) is 5.98. The smallest absolute Gasteiger partial charge is 0.0518 e. The predicted molar refractivity (Wildman–Crippen MR) is 61.5 cm³/mol. The maximum absolute atomic E-state index is 3.97. The second kappa shape index (κ2) is 4.79. The van der Waals surface area contributed by atoms with Gasteiger partial charge in [-0.05, 0) is 44.2 Å². The van der Waals surface area contributed by atoms with Crippen LogP contribution in [0.1, 0.15) is 44.8 Å². The maximum atomic E-state index is 3.97. The molecule has 2 N–H and O–H groups in total. The van der Waals surface area contributed by atoms with Gasteiger partial charge in [0.1, 0.15) is 0 Å². The number of hydrogen-bond donors (Lipinski definition) is 2. The number of hydrogen-bond acceptors (Lipinski definition) is 2. The highest BCUT2D eigenvalue weighted by Gasteiger charge is 2.21. The largest absolute Gasteiger partial charge is 0.309 e. The topological polar surface area (TPSA) is 40.7 Å². The Hall–Kier alpha value is -0.830. The molecule has 0 aromatic carbocycles. The molecule has 84 valence electrons. The zero-order valence-corrected chi connectivity index (χ0v) is 9.66. The monoisotopic (exact) mass is 207 g/mol. The summed E-state index contributed by atoms with van der Waals surface area (Å²) in [7, 11) is 0. The molecule has 3 unspecified atom stereocenters. The molecule has 1 saturated carbocycles. The fourth-order valence-electron chi connectivity index (χ4n) is 2.47. The summed E-state index contributed by atoms with van der Waals surface area (Å²) in [5.74, 6) is 1.81. The van der Waals surface area contributed by atoms with Gasteiger partial charge in [0.15, 0.2) is 0 Å². The third kappa shape index (κ3) is 2.81. The van der Waals surface area contributed by atoms with E-state index in [0.29, 0.717) is 6.04 Å². The molecule has 1 aliphatic carbocycles. The Labute approximate surface area is 91.7 Å². The molecule has 0 bridgehead atoms. The molecular weight excluding hydrogens is 186 g/mol. The minimum Gasteiger partial charge on any atom is -0.309 e. The third-order valence-electron chi connectivity index (χ3n) is 3.50. The quantitative estimate of drug-likeness (QED) is 0.796. The highest BCUT2D eigenvalue weighted by Crippen LogP contribution is 2.29. The molecule has 0 amide bonds. The first kappa shape index (κ1) is 10.7. The van der Waals surface area contributed by atoms with Gasteiger partial charge in [-0.1, -0.05) is 13.3 Å². The summed E-state index contributed by atoms with van der Waals surface area (Å²) in [6.07, 6.45) is 6.00. The molecular formula is C12H21N3. The molecule has 1 heterocycles. The summed E-state index contributed by atoms with van der Waals surface area (Å²) in [5.41, 5.74) is 1.18. The SMILES string of the molecule is CC1CCC(CNC(C)c2ccn[nH]2)C1. The third-order valence-corrected chi connectivity index (χ3v) is 3.50. The number of nitrogens with zero attached hydrogens (tertiary/aromatic N) is 1. The number of rotatable bonds is 4. The minimum atomic E-state index is 0.392. The van der Waals surface area contributed by atoms with Crippen molar-refractivity contribution in [2.45, 2.75) is 39.2 Å². The van der Waals surface area contributed by atoms with Crippen LogP contribution in [0.3, 0.4) is 0 Å². The van der Waals surface area contributed by atoms with Crippen LogP contribution in [0.2, 0.25) is 0 Å². The lowest BCUT2D eigenvalue weighted by Gasteiger charge is -2.15. The summed E-state index contributed by atoms with van der Waals surface area (Å²) in [6, 6.07) is 2.43. The van der Waals surface area contributed by atoms with E-state index in [-0.39, 0.29) is 0 Å². The van der Waals surface area contributed by atoms with Crippen molar-refractivity contribution < 1.29 is 0 Å². The normalized spacial score (nSPS) is 28.1. The molecule has 1 aromatic heterocycles. The first-order valence-electron chi connectivity index (χ1n) is 5.98. The lowest BCUT2D eigenvalue weighted by molar-refractivity contribution is 0.436. The molecule has 0 radical (unpaired) electrons. The van der Waals surface area contributed by atoms with E-state index in [9.17, 15) is 0 Å². The average Bonchev–Trinajstić information content (AvgIpc) is 2.84. The Bertz CT molecular complexity index is 281. The Morgan fingerprint density at radius 1 is 1.60 bits per heavy atom. The van der Waals surface area contributed by atoms with Crippen LogP contribution < -0.4 is 5.32 Å². The van der Waals surface area contributed by atoms with E-state index in [2.05, 4.69) is 29.4 Å². The molecule has 15 heavy (non-hydrogen) atoms.